The molecule has 7 nitrogen and oxygen atoms in total. The lowest BCUT2D eigenvalue weighted by molar-refractivity contribution is -0.132. The molecule has 0 bridgehead atoms. The summed E-state index contributed by atoms with van der Waals surface area (Å²) < 4.78 is 1.67. The summed E-state index contributed by atoms with van der Waals surface area (Å²) in [6.45, 7) is 7.03. The van der Waals surface area contributed by atoms with E-state index in [0.29, 0.717) is 24.4 Å². The van der Waals surface area contributed by atoms with E-state index in [1.807, 2.05) is 36.9 Å². The molecule has 1 amide bonds. The normalized spacial score (nSPS) is 14.7. The van der Waals surface area contributed by atoms with Gasteiger partial charge in [-0.15, -0.1) is 0 Å². The Morgan fingerprint density at radius 3 is 2.64 bits per heavy atom. The second-order valence-electron chi connectivity index (χ2n) is 7.18. The number of aryl methyl sites for hydroxylation is 2. The van der Waals surface area contributed by atoms with E-state index in [1.54, 1.807) is 10.9 Å². The zero-order chi connectivity index (χ0) is 19.8. The fourth-order valence-electron chi connectivity index (χ4n) is 3.61. The van der Waals surface area contributed by atoms with Crippen molar-refractivity contribution >= 4 is 39.9 Å². The van der Waals surface area contributed by atoms with Crippen LogP contribution in [0.1, 0.15) is 11.3 Å². The fourth-order valence-corrected chi connectivity index (χ4v) is 3.72. The number of hydrogen-bond donors (Lipinski definition) is 1. The molecule has 1 aromatic carbocycles. The smallest absolute Gasteiger partial charge is 0.244 e. The van der Waals surface area contributed by atoms with Gasteiger partial charge in [-0.05, 0) is 43.7 Å². The van der Waals surface area contributed by atoms with Crippen molar-refractivity contribution in [2.45, 2.75) is 20.4 Å². The SMILES string of the molecule is Cc1cc(N2CCN(C(=O)Cn3nc(C)c4cc(N)cnc43)CC2)ccc1Cl. The predicted octanol–water partition coefficient (Wildman–Crippen LogP) is 2.63. The quantitative estimate of drug-likeness (QED) is 0.733. The highest BCUT2D eigenvalue weighted by Crippen LogP contribution is 2.24. The maximum absolute atomic E-state index is 12.8. The van der Waals surface area contributed by atoms with E-state index in [1.165, 1.54) is 0 Å². The van der Waals surface area contributed by atoms with Crippen LogP contribution in [0.25, 0.3) is 11.0 Å². The Kier molecular flexibility index (Phi) is 4.85. The molecule has 3 heterocycles. The van der Waals surface area contributed by atoms with Gasteiger partial charge in [-0.3, -0.25) is 4.79 Å². The highest BCUT2D eigenvalue weighted by Gasteiger charge is 2.23. The van der Waals surface area contributed by atoms with Crippen LogP contribution in [0.15, 0.2) is 30.5 Å². The van der Waals surface area contributed by atoms with Gasteiger partial charge in [0, 0.05) is 42.3 Å². The number of aromatic nitrogens is 3. The minimum Gasteiger partial charge on any atom is -0.397 e. The third-order valence-electron chi connectivity index (χ3n) is 5.22. The second kappa shape index (κ2) is 7.31. The van der Waals surface area contributed by atoms with Crippen LogP contribution in [0.3, 0.4) is 0 Å². The van der Waals surface area contributed by atoms with E-state index in [2.05, 4.69) is 21.0 Å². The number of nitrogens with zero attached hydrogens (tertiary/aromatic N) is 5. The van der Waals surface area contributed by atoms with Crippen molar-refractivity contribution in [3.05, 3.63) is 46.7 Å². The molecule has 146 valence electrons. The Bertz CT molecular complexity index is 1040. The molecule has 1 saturated heterocycles. The van der Waals surface area contributed by atoms with Crippen molar-refractivity contribution < 1.29 is 4.79 Å². The van der Waals surface area contributed by atoms with Gasteiger partial charge < -0.3 is 15.5 Å². The molecule has 1 aliphatic rings. The van der Waals surface area contributed by atoms with Crippen molar-refractivity contribution in [3.8, 4) is 0 Å². The molecule has 3 aromatic rings. The van der Waals surface area contributed by atoms with Gasteiger partial charge in [-0.1, -0.05) is 11.6 Å². The molecule has 0 spiro atoms. The number of anilines is 2. The number of benzene rings is 1. The number of carbonyl (C=O) groups excluding carboxylic acids is 1. The fraction of sp³-hybridized carbons (Fsp3) is 0.350. The minimum atomic E-state index is 0.0509. The van der Waals surface area contributed by atoms with Crippen LogP contribution in [-0.2, 0) is 11.3 Å². The number of pyridine rings is 1. The Morgan fingerprint density at radius 1 is 1.18 bits per heavy atom. The van der Waals surface area contributed by atoms with Crippen molar-refractivity contribution in [1.82, 2.24) is 19.7 Å². The zero-order valence-corrected chi connectivity index (χ0v) is 16.8. The van der Waals surface area contributed by atoms with Gasteiger partial charge in [0.25, 0.3) is 0 Å². The first-order valence-electron chi connectivity index (χ1n) is 9.30. The molecule has 28 heavy (non-hydrogen) atoms. The Hall–Kier alpha value is -2.80. The van der Waals surface area contributed by atoms with Crippen LogP contribution < -0.4 is 10.6 Å². The number of hydrogen-bond acceptors (Lipinski definition) is 5. The third kappa shape index (κ3) is 3.49. The molecule has 8 heteroatoms. The van der Waals surface area contributed by atoms with E-state index in [-0.39, 0.29) is 12.5 Å². The average Bonchev–Trinajstić information content (AvgIpc) is 2.99. The first-order chi connectivity index (χ1) is 13.4. The summed E-state index contributed by atoms with van der Waals surface area (Å²) >= 11 is 6.12. The Balaban J connectivity index is 1.42. The maximum atomic E-state index is 12.8. The summed E-state index contributed by atoms with van der Waals surface area (Å²) in [5.74, 6) is 0.0509. The standard InChI is InChI=1S/C20H23ClN6O/c1-13-9-16(3-4-18(13)21)25-5-7-26(8-6-25)19(28)12-27-20-17(14(2)24-27)10-15(22)11-23-20/h3-4,9-11H,5-8,12,22H2,1-2H3. The summed E-state index contributed by atoms with van der Waals surface area (Å²) in [5, 5.41) is 6.13. The molecule has 0 unspecified atom stereocenters. The van der Waals surface area contributed by atoms with Crippen LogP contribution in [0, 0.1) is 13.8 Å². The van der Waals surface area contributed by atoms with Crippen LogP contribution in [0.4, 0.5) is 11.4 Å². The molecule has 2 aromatic heterocycles. The van der Waals surface area contributed by atoms with Crippen LogP contribution in [0.2, 0.25) is 5.02 Å². The molecular formula is C20H23ClN6O. The minimum absolute atomic E-state index is 0.0509. The van der Waals surface area contributed by atoms with Gasteiger partial charge in [0.15, 0.2) is 5.65 Å². The van der Waals surface area contributed by atoms with E-state index in [0.717, 1.165) is 40.4 Å². The number of rotatable bonds is 3. The van der Waals surface area contributed by atoms with Crippen molar-refractivity contribution in [2.24, 2.45) is 0 Å². The summed E-state index contributed by atoms with van der Waals surface area (Å²) in [6.07, 6.45) is 1.59. The first-order valence-corrected chi connectivity index (χ1v) is 9.67. The van der Waals surface area contributed by atoms with Crippen molar-refractivity contribution in [3.63, 3.8) is 0 Å². The second-order valence-corrected chi connectivity index (χ2v) is 7.59. The molecule has 0 saturated carbocycles. The summed E-state index contributed by atoms with van der Waals surface area (Å²) in [4.78, 5) is 21.3. The predicted molar refractivity (Wildman–Crippen MR) is 112 cm³/mol. The zero-order valence-electron chi connectivity index (χ0n) is 16.0. The number of nitrogens with two attached hydrogens (primary N) is 1. The molecule has 1 fully saturated rings. The van der Waals surface area contributed by atoms with Gasteiger partial charge in [-0.2, -0.15) is 5.10 Å². The monoisotopic (exact) mass is 398 g/mol. The molecular weight excluding hydrogens is 376 g/mol. The molecule has 4 rings (SSSR count). The van der Waals surface area contributed by atoms with E-state index >= 15 is 0 Å². The molecule has 0 atom stereocenters. The van der Waals surface area contributed by atoms with Gasteiger partial charge in [0.1, 0.15) is 6.54 Å². The van der Waals surface area contributed by atoms with Crippen molar-refractivity contribution in [1.29, 1.82) is 0 Å². The van der Waals surface area contributed by atoms with Crippen LogP contribution in [-0.4, -0.2) is 51.8 Å². The number of fused-ring (bicyclic) bond motifs is 1. The lowest BCUT2D eigenvalue weighted by Crippen LogP contribution is -2.49. The van der Waals surface area contributed by atoms with Crippen molar-refractivity contribution in [2.75, 3.05) is 36.8 Å². The molecule has 2 N–H and O–H groups in total. The number of piperazine rings is 1. The lowest BCUT2D eigenvalue weighted by Gasteiger charge is -2.36. The van der Waals surface area contributed by atoms with E-state index in [4.69, 9.17) is 17.3 Å². The third-order valence-corrected chi connectivity index (χ3v) is 5.64. The largest absolute Gasteiger partial charge is 0.397 e. The topological polar surface area (TPSA) is 80.3 Å². The summed E-state index contributed by atoms with van der Waals surface area (Å²) in [7, 11) is 0. The van der Waals surface area contributed by atoms with E-state index < -0.39 is 0 Å². The lowest BCUT2D eigenvalue weighted by atomic mass is 10.2. The molecule has 0 radical (unpaired) electrons. The first kappa shape index (κ1) is 18.6. The number of carbonyl (C=O) groups is 1. The maximum Gasteiger partial charge on any atom is 0.244 e. The highest BCUT2D eigenvalue weighted by molar-refractivity contribution is 6.31. The van der Waals surface area contributed by atoms with Crippen LogP contribution >= 0.6 is 11.6 Å². The molecule has 1 aliphatic heterocycles. The van der Waals surface area contributed by atoms with Gasteiger partial charge in [0.2, 0.25) is 5.91 Å². The Labute approximate surface area is 168 Å². The van der Waals surface area contributed by atoms with Gasteiger partial charge >= 0.3 is 0 Å². The highest BCUT2D eigenvalue weighted by atomic mass is 35.5. The number of amides is 1. The number of halogens is 1. The van der Waals surface area contributed by atoms with Crippen LogP contribution in [0.5, 0.6) is 0 Å². The van der Waals surface area contributed by atoms with Gasteiger partial charge in [-0.25, -0.2) is 9.67 Å². The van der Waals surface area contributed by atoms with E-state index in [9.17, 15) is 4.79 Å². The summed E-state index contributed by atoms with van der Waals surface area (Å²) in [6, 6.07) is 7.89. The van der Waals surface area contributed by atoms with Gasteiger partial charge in [0.05, 0.1) is 17.6 Å². The Morgan fingerprint density at radius 2 is 1.93 bits per heavy atom. The molecule has 0 aliphatic carbocycles. The summed E-state index contributed by atoms with van der Waals surface area (Å²) in [5.41, 5.74) is 10.1. The number of nitrogen functional groups attached to an aromatic ring is 1. The average molecular weight is 399 g/mol.